The first kappa shape index (κ1) is 10.1. The van der Waals surface area contributed by atoms with Gasteiger partial charge in [-0.2, -0.15) is 0 Å². The standard InChI is InChI=1S/C11H17NO/c1-3-10-5-4-6-11(7-10)13-8-9(2)12/h4-7,9H,3,8,12H2,1-2H3/t9-/m0/s1. The molecule has 13 heavy (non-hydrogen) atoms. The number of nitrogens with two attached hydrogens (primary N) is 1. The highest BCUT2D eigenvalue weighted by molar-refractivity contribution is 5.28. The first-order valence-electron chi connectivity index (χ1n) is 4.69. The van der Waals surface area contributed by atoms with Gasteiger partial charge in [0, 0.05) is 6.04 Å². The fraction of sp³-hybridized carbons (Fsp3) is 0.455. The number of rotatable bonds is 4. The predicted octanol–water partition coefficient (Wildman–Crippen LogP) is 1.98. The van der Waals surface area contributed by atoms with Gasteiger partial charge in [-0.3, -0.25) is 0 Å². The Morgan fingerprint density at radius 3 is 2.85 bits per heavy atom. The van der Waals surface area contributed by atoms with Crippen LogP contribution in [0.4, 0.5) is 0 Å². The Balaban J connectivity index is 2.56. The van der Waals surface area contributed by atoms with Crippen LogP contribution in [0.2, 0.25) is 0 Å². The molecule has 0 aliphatic rings. The van der Waals surface area contributed by atoms with Crippen molar-refractivity contribution in [3.63, 3.8) is 0 Å². The van der Waals surface area contributed by atoms with Crippen molar-refractivity contribution in [1.82, 2.24) is 0 Å². The molecule has 0 unspecified atom stereocenters. The zero-order chi connectivity index (χ0) is 9.68. The van der Waals surface area contributed by atoms with Gasteiger partial charge >= 0.3 is 0 Å². The second kappa shape index (κ2) is 4.87. The van der Waals surface area contributed by atoms with Crippen LogP contribution < -0.4 is 10.5 Å². The van der Waals surface area contributed by atoms with E-state index in [1.54, 1.807) is 0 Å². The van der Waals surface area contributed by atoms with Crippen molar-refractivity contribution < 1.29 is 4.74 Å². The van der Waals surface area contributed by atoms with E-state index < -0.39 is 0 Å². The van der Waals surface area contributed by atoms with Crippen molar-refractivity contribution in [2.24, 2.45) is 5.73 Å². The van der Waals surface area contributed by atoms with Gasteiger partial charge in [0.25, 0.3) is 0 Å². The largest absolute Gasteiger partial charge is 0.492 e. The highest BCUT2D eigenvalue weighted by Crippen LogP contribution is 2.13. The van der Waals surface area contributed by atoms with Crippen LogP contribution in [-0.4, -0.2) is 12.6 Å². The zero-order valence-corrected chi connectivity index (χ0v) is 8.29. The summed E-state index contributed by atoms with van der Waals surface area (Å²) in [5, 5.41) is 0. The Morgan fingerprint density at radius 1 is 1.46 bits per heavy atom. The maximum absolute atomic E-state index is 5.59. The molecule has 1 aromatic carbocycles. The van der Waals surface area contributed by atoms with E-state index in [1.165, 1.54) is 5.56 Å². The summed E-state index contributed by atoms with van der Waals surface area (Å²) in [5.41, 5.74) is 6.88. The van der Waals surface area contributed by atoms with Crippen LogP contribution in [0, 0.1) is 0 Å². The van der Waals surface area contributed by atoms with Gasteiger partial charge in [-0.1, -0.05) is 19.1 Å². The monoisotopic (exact) mass is 179 g/mol. The van der Waals surface area contributed by atoms with Crippen molar-refractivity contribution >= 4 is 0 Å². The molecule has 0 bridgehead atoms. The molecule has 0 aliphatic carbocycles. The molecular weight excluding hydrogens is 162 g/mol. The Bertz CT molecular complexity index is 258. The van der Waals surface area contributed by atoms with Gasteiger partial charge in [-0.15, -0.1) is 0 Å². The van der Waals surface area contributed by atoms with E-state index >= 15 is 0 Å². The molecule has 0 saturated heterocycles. The summed E-state index contributed by atoms with van der Waals surface area (Å²) in [6, 6.07) is 8.21. The fourth-order valence-corrected chi connectivity index (χ4v) is 1.08. The normalized spacial score (nSPS) is 12.5. The van der Waals surface area contributed by atoms with Gasteiger partial charge < -0.3 is 10.5 Å². The molecule has 0 heterocycles. The van der Waals surface area contributed by atoms with E-state index in [1.807, 2.05) is 19.1 Å². The molecule has 2 heteroatoms. The lowest BCUT2D eigenvalue weighted by atomic mass is 10.2. The second-order valence-corrected chi connectivity index (χ2v) is 3.29. The Kier molecular flexibility index (Phi) is 3.77. The first-order chi connectivity index (χ1) is 6.22. The molecule has 1 atom stereocenters. The maximum Gasteiger partial charge on any atom is 0.119 e. The lowest BCUT2D eigenvalue weighted by Gasteiger charge is -2.09. The number of benzene rings is 1. The summed E-state index contributed by atoms with van der Waals surface area (Å²) in [6.45, 7) is 4.64. The second-order valence-electron chi connectivity index (χ2n) is 3.29. The summed E-state index contributed by atoms with van der Waals surface area (Å²) in [6.07, 6.45) is 1.04. The van der Waals surface area contributed by atoms with Crippen LogP contribution >= 0.6 is 0 Å². The van der Waals surface area contributed by atoms with Crippen LogP contribution in [0.15, 0.2) is 24.3 Å². The Labute approximate surface area is 79.7 Å². The third kappa shape index (κ3) is 3.47. The molecule has 2 N–H and O–H groups in total. The molecule has 1 rings (SSSR count). The minimum atomic E-state index is 0.0882. The van der Waals surface area contributed by atoms with Crippen molar-refractivity contribution in [3.05, 3.63) is 29.8 Å². The number of aryl methyl sites for hydroxylation is 1. The van der Waals surface area contributed by atoms with Gasteiger partial charge in [0.2, 0.25) is 0 Å². The molecular formula is C11H17NO. The van der Waals surface area contributed by atoms with Gasteiger partial charge in [0.1, 0.15) is 12.4 Å². The van der Waals surface area contributed by atoms with Crippen molar-refractivity contribution in [1.29, 1.82) is 0 Å². The minimum Gasteiger partial charge on any atom is -0.492 e. The van der Waals surface area contributed by atoms with Crippen LogP contribution in [0.1, 0.15) is 19.4 Å². The van der Waals surface area contributed by atoms with E-state index in [0.717, 1.165) is 12.2 Å². The molecule has 0 aromatic heterocycles. The molecule has 0 fully saturated rings. The smallest absolute Gasteiger partial charge is 0.119 e. The summed E-state index contributed by atoms with van der Waals surface area (Å²) in [4.78, 5) is 0. The molecule has 0 radical (unpaired) electrons. The molecule has 0 spiro atoms. The lowest BCUT2D eigenvalue weighted by molar-refractivity contribution is 0.296. The topological polar surface area (TPSA) is 35.2 Å². The van der Waals surface area contributed by atoms with Crippen LogP contribution in [-0.2, 0) is 6.42 Å². The van der Waals surface area contributed by atoms with Gasteiger partial charge in [-0.25, -0.2) is 0 Å². The lowest BCUT2D eigenvalue weighted by Crippen LogP contribution is -2.23. The van der Waals surface area contributed by atoms with E-state index in [0.29, 0.717) is 6.61 Å². The zero-order valence-electron chi connectivity index (χ0n) is 8.29. The van der Waals surface area contributed by atoms with Crippen LogP contribution in [0.3, 0.4) is 0 Å². The third-order valence-electron chi connectivity index (χ3n) is 1.82. The van der Waals surface area contributed by atoms with Gasteiger partial charge in [0.15, 0.2) is 0 Å². The summed E-state index contributed by atoms with van der Waals surface area (Å²) < 4.78 is 5.48. The van der Waals surface area contributed by atoms with Crippen LogP contribution in [0.5, 0.6) is 5.75 Å². The molecule has 1 aromatic rings. The quantitative estimate of drug-likeness (QED) is 0.767. The summed E-state index contributed by atoms with van der Waals surface area (Å²) >= 11 is 0. The molecule has 2 nitrogen and oxygen atoms in total. The number of hydrogen-bond acceptors (Lipinski definition) is 2. The minimum absolute atomic E-state index is 0.0882. The van der Waals surface area contributed by atoms with Crippen molar-refractivity contribution in [2.45, 2.75) is 26.3 Å². The molecule has 72 valence electrons. The first-order valence-corrected chi connectivity index (χ1v) is 4.69. The van der Waals surface area contributed by atoms with Gasteiger partial charge in [-0.05, 0) is 31.0 Å². The fourth-order valence-electron chi connectivity index (χ4n) is 1.08. The van der Waals surface area contributed by atoms with Crippen LogP contribution in [0.25, 0.3) is 0 Å². The predicted molar refractivity (Wildman–Crippen MR) is 55.0 cm³/mol. The Hall–Kier alpha value is -1.02. The molecule has 0 saturated carbocycles. The Morgan fingerprint density at radius 2 is 2.23 bits per heavy atom. The van der Waals surface area contributed by atoms with E-state index in [-0.39, 0.29) is 6.04 Å². The van der Waals surface area contributed by atoms with Gasteiger partial charge in [0.05, 0.1) is 0 Å². The van der Waals surface area contributed by atoms with E-state index in [2.05, 4.69) is 19.1 Å². The highest BCUT2D eigenvalue weighted by atomic mass is 16.5. The summed E-state index contributed by atoms with van der Waals surface area (Å²) in [7, 11) is 0. The highest BCUT2D eigenvalue weighted by Gasteiger charge is 1.97. The molecule has 0 amide bonds. The number of ether oxygens (including phenoxy) is 1. The third-order valence-corrected chi connectivity index (χ3v) is 1.82. The van der Waals surface area contributed by atoms with Crippen molar-refractivity contribution in [3.8, 4) is 5.75 Å². The molecule has 0 aliphatic heterocycles. The average molecular weight is 179 g/mol. The van der Waals surface area contributed by atoms with E-state index in [4.69, 9.17) is 10.5 Å². The van der Waals surface area contributed by atoms with Crippen molar-refractivity contribution in [2.75, 3.05) is 6.61 Å². The number of hydrogen-bond donors (Lipinski definition) is 1. The van der Waals surface area contributed by atoms with E-state index in [9.17, 15) is 0 Å². The summed E-state index contributed by atoms with van der Waals surface area (Å²) in [5.74, 6) is 0.914. The maximum atomic E-state index is 5.59. The SMILES string of the molecule is CCc1cccc(OC[C@H](C)N)c1. The average Bonchev–Trinajstić information content (AvgIpc) is 2.15.